The Balaban J connectivity index is 2.04. The zero-order chi connectivity index (χ0) is 17.3. The summed E-state index contributed by atoms with van der Waals surface area (Å²) in [6.45, 7) is 4.17. The van der Waals surface area contributed by atoms with Gasteiger partial charge in [-0.3, -0.25) is 9.59 Å². The maximum atomic E-state index is 13.0. The number of carboxylic acid groups (broad SMARTS) is 1. The summed E-state index contributed by atoms with van der Waals surface area (Å²) >= 11 is 0. The van der Waals surface area contributed by atoms with Crippen LogP contribution >= 0.6 is 0 Å². The van der Waals surface area contributed by atoms with Gasteiger partial charge in [0.25, 0.3) is 5.91 Å². The average molecular weight is 324 g/mol. The monoisotopic (exact) mass is 324 g/mol. The molecule has 0 saturated carbocycles. The number of nitrogens with zero attached hydrogens (tertiary/aromatic N) is 1. The normalized spacial score (nSPS) is 16.5. The van der Waals surface area contributed by atoms with Crippen LogP contribution in [0.3, 0.4) is 0 Å². The number of hydrogen-bond acceptors (Lipinski definition) is 3. The molecule has 2 N–H and O–H groups in total. The quantitative estimate of drug-likeness (QED) is 0.905. The van der Waals surface area contributed by atoms with Gasteiger partial charge in [0.2, 0.25) is 0 Å². The van der Waals surface area contributed by atoms with Crippen molar-refractivity contribution in [3.8, 4) is 0 Å². The van der Waals surface area contributed by atoms with Crippen molar-refractivity contribution in [3.05, 3.63) is 59.2 Å². The number of fused-ring (bicyclic) bond motifs is 1. The van der Waals surface area contributed by atoms with Gasteiger partial charge in [0.05, 0.1) is 17.8 Å². The molecule has 0 bridgehead atoms. The minimum Gasteiger partial charge on any atom is -0.481 e. The second-order valence-electron chi connectivity index (χ2n) is 6.08. The van der Waals surface area contributed by atoms with Crippen molar-refractivity contribution in [2.45, 2.75) is 26.3 Å². The van der Waals surface area contributed by atoms with E-state index in [0.29, 0.717) is 0 Å². The van der Waals surface area contributed by atoms with Crippen molar-refractivity contribution < 1.29 is 14.7 Å². The fraction of sp³-hybridized carbons (Fsp3) is 0.263. The third-order valence-corrected chi connectivity index (χ3v) is 4.40. The Hall–Kier alpha value is -2.82. The van der Waals surface area contributed by atoms with Crippen molar-refractivity contribution >= 4 is 23.3 Å². The van der Waals surface area contributed by atoms with Crippen molar-refractivity contribution in [1.82, 2.24) is 0 Å². The molecule has 0 fully saturated rings. The zero-order valence-electron chi connectivity index (χ0n) is 13.7. The van der Waals surface area contributed by atoms with Gasteiger partial charge in [-0.25, -0.2) is 0 Å². The molecule has 1 aliphatic rings. The molecule has 0 spiro atoms. The molecule has 5 nitrogen and oxygen atoms in total. The molecule has 3 rings (SSSR count). The van der Waals surface area contributed by atoms with E-state index in [1.165, 1.54) is 0 Å². The van der Waals surface area contributed by atoms with Gasteiger partial charge in [0.15, 0.2) is 0 Å². The number of nitrogens with one attached hydrogen (secondary N) is 1. The summed E-state index contributed by atoms with van der Waals surface area (Å²) in [4.78, 5) is 25.5. The molecule has 1 heterocycles. The molecular weight excluding hydrogens is 304 g/mol. The van der Waals surface area contributed by atoms with E-state index in [-0.39, 0.29) is 18.9 Å². The van der Waals surface area contributed by atoms with Gasteiger partial charge in [-0.2, -0.15) is 0 Å². The number of carboxylic acids is 1. The highest BCUT2D eigenvalue weighted by atomic mass is 16.4. The Bertz CT molecular complexity index is 787. The van der Waals surface area contributed by atoms with E-state index in [4.69, 9.17) is 5.11 Å². The Kier molecular flexibility index (Phi) is 4.25. The molecule has 24 heavy (non-hydrogen) atoms. The number of benzene rings is 2. The first kappa shape index (κ1) is 16.1. The van der Waals surface area contributed by atoms with Crippen molar-refractivity contribution in [2.75, 3.05) is 16.8 Å². The predicted octanol–water partition coefficient (Wildman–Crippen LogP) is 3.28. The molecule has 0 radical (unpaired) electrons. The minimum atomic E-state index is -0.914. The van der Waals surface area contributed by atoms with Crippen molar-refractivity contribution in [3.63, 3.8) is 0 Å². The Morgan fingerprint density at radius 1 is 1.17 bits per heavy atom. The topological polar surface area (TPSA) is 69.6 Å². The summed E-state index contributed by atoms with van der Waals surface area (Å²) in [6, 6.07) is 12.9. The molecular formula is C19H20N2O3. The lowest BCUT2D eigenvalue weighted by atomic mass is 9.98. The Labute approximate surface area is 140 Å². The summed E-state index contributed by atoms with van der Waals surface area (Å²) in [5, 5.41) is 12.3. The van der Waals surface area contributed by atoms with Crippen LogP contribution in [0.15, 0.2) is 42.5 Å². The number of carbonyl (C=O) groups excluding carboxylic acids is 1. The minimum absolute atomic E-state index is 0.0837. The first-order valence-electron chi connectivity index (χ1n) is 7.93. The summed E-state index contributed by atoms with van der Waals surface area (Å²) < 4.78 is 0. The van der Waals surface area contributed by atoms with Crippen LogP contribution in [0.5, 0.6) is 0 Å². The zero-order valence-corrected chi connectivity index (χ0v) is 13.7. The highest BCUT2D eigenvalue weighted by Crippen LogP contribution is 2.38. The number of aliphatic carboxylic acids is 1. The van der Waals surface area contributed by atoms with Crippen LogP contribution in [0, 0.1) is 13.8 Å². The molecule has 0 aromatic heterocycles. The van der Waals surface area contributed by atoms with E-state index in [0.717, 1.165) is 28.1 Å². The van der Waals surface area contributed by atoms with E-state index in [1.54, 1.807) is 4.90 Å². The fourth-order valence-corrected chi connectivity index (χ4v) is 2.94. The summed E-state index contributed by atoms with van der Waals surface area (Å²) in [5.41, 5.74) is 4.67. The molecule has 1 aliphatic heterocycles. The molecule has 1 atom stereocenters. The van der Waals surface area contributed by atoms with Gasteiger partial charge < -0.3 is 15.3 Å². The first-order valence-corrected chi connectivity index (χ1v) is 7.93. The van der Waals surface area contributed by atoms with Crippen LogP contribution in [-0.4, -0.2) is 23.5 Å². The molecule has 2 aromatic carbocycles. The number of amides is 1. The molecule has 1 unspecified atom stereocenters. The van der Waals surface area contributed by atoms with Gasteiger partial charge in [-0.1, -0.05) is 30.3 Å². The van der Waals surface area contributed by atoms with Crippen LogP contribution < -0.4 is 10.2 Å². The van der Waals surface area contributed by atoms with Crippen LogP contribution in [0.4, 0.5) is 11.4 Å². The molecule has 2 aromatic rings. The van der Waals surface area contributed by atoms with Crippen LogP contribution in [-0.2, 0) is 9.59 Å². The van der Waals surface area contributed by atoms with Gasteiger partial charge >= 0.3 is 5.97 Å². The second kappa shape index (κ2) is 6.35. The van der Waals surface area contributed by atoms with E-state index in [9.17, 15) is 9.59 Å². The maximum absolute atomic E-state index is 13.0. The molecule has 0 aliphatic carbocycles. The Morgan fingerprint density at radius 3 is 2.50 bits per heavy atom. The number of anilines is 2. The van der Waals surface area contributed by atoms with Crippen LogP contribution in [0.1, 0.15) is 29.2 Å². The molecule has 124 valence electrons. The molecule has 5 heteroatoms. The van der Waals surface area contributed by atoms with Crippen molar-refractivity contribution in [2.24, 2.45) is 0 Å². The number of hydrogen-bond donors (Lipinski definition) is 2. The lowest BCUT2D eigenvalue weighted by Gasteiger charge is -2.36. The van der Waals surface area contributed by atoms with Gasteiger partial charge in [-0.15, -0.1) is 0 Å². The molecule has 1 amide bonds. The van der Waals surface area contributed by atoms with E-state index < -0.39 is 12.0 Å². The van der Waals surface area contributed by atoms with Crippen molar-refractivity contribution in [1.29, 1.82) is 0 Å². The van der Waals surface area contributed by atoms with Crippen LogP contribution in [0.25, 0.3) is 0 Å². The fourth-order valence-electron chi connectivity index (χ4n) is 2.94. The van der Waals surface area contributed by atoms with Gasteiger partial charge in [0.1, 0.15) is 6.04 Å². The van der Waals surface area contributed by atoms with Crippen LogP contribution in [0.2, 0.25) is 0 Å². The third-order valence-electron chi connectivity index (χ3n) is 4.40. The lowest BCUT2D eigenvalue weighted by molar-refractivity contribution is -0.136. The first-order chi connectivity index (χ1) is 11.5. The second-order valence-corrected chi connectivity index (χ2v) is 6.08. The summed E-state index contributed by atoms with van der Waals surface area (Å²) in [6.07, 6.45) is -0.0837. The molecule has 0 saturated heterocycles. The maximum Gasteiger partial charge on any atom is 0.305 e. The van der Waals surface area contributed by atoms with Gasteiger partial charge in [0, 0.05) is 6.54 Å². The summed E-state index contributed by atoms with van der Waals surface area (Å²) in [5.74, 6) is -1.04. The standard InChI is InChI=1S/C19H20N2O3/c1-12-10-15-16(11-13(12)2)21(9-8-17(22)23)19(24)18(20-15)14-6-4-3-5-7-14/h3-7,10-11,18,20H,8-9H2,1-2H3,(H,22,23). The van der Waals surface area contributed by atoms with E-state index in [1.807, 2.05) is 56.3 Å². The average Bonchev–Trinajstić information content (AvgIpc) is 2.56. The predicted molar refractivity (Wildman–Crippen MR) is 93.3 cm³/mol. The SMILES string of the molecule is Cc1cc2c(cc1C)N(CCC(=O)O)C(=O)C(c1ccccc1)N2. The van der Waals surface area contributed by atoms with Gasteiger partial charge in [-0.05, 0) is 42.7 Å². The highest BCUT2D eigenvalue weighted by molar-refractivity contribution is 6.05. The van der Waals surface area contributed by atoms with E-state index >= 15 is 0 Å². The smallest absolute Gasteiger partial charge is 0.305 e. The number of aryl methyl sites for hydroxylation is 2. The Morgan fingerprint density at radius 2 is 1.83 bits per heavy atom. The third kappa shape index (κ3) is 2.97. The van der Waals surface area contributed by atoms with E-state index in [2.05, 4.69) is 5.32 Å². The highest BCUT2D eigenvalue weighted by Gasteiger charge is 2.33. The lowest BCUT2D eigenvalue weighted by Crippen LogP contribution is -2.43. The summed E-state index contributed by atoms with van der Waals surface area (Å²) in [7, 11) is 0. The largest absolute Gasteiger partial charge is 0.481 e. The number of rotatable bonds is 4. The number of carbonyl (C=O) groups is 2.